The molecule has 0 saturated carbocycles. The molecule has 1 N–H and O–H groups in total. The predicted octanol–water partition coefficient (Wildman–Crippen LogP) is 3.84. The van der Waals surface area contributed by atoms with Crippen LogP contribution in [0.3, 0.4) is 0 Å². The zero-order valence-corrected chi connectivity index (χ0v) is 11.4. The zero-order valence-electron chi connectivity index (χ0n) is 11.4. The standard InChI is InChI=1S/C15H22FNO/c1-5-17-14(9-6-11(2)3)12-7-8-13(16)15(10-12)18-4/h7-8,10,14,17H,2,5-6,9H2,1,3-4H3. The average molecular weight is 251 g/mol. The van der Waals surface area contributed by atoms with E-state index in [1.54, 1.807) is 6.07 Å². The van der Waals surface area contributed by atoms with Gasteiger partial charge in [0, 0.05) is 6.04 Å². The van der Waals surface area contributed by atoms with Crippen molar-refractivity contribution in [3.8, 4) is 5.75 Å². The number of benzene rings is 1. The second kappa shape index (κ2) is 7.17. The summed E-state index contributed by atoms with van der Waals surface area (Å²) >= 11 is 0. The second-order valence-electron chi connectivity index (χ2n) is 4.50. The number of rotatable bonds is 7. The predicted molar refractivity (Wildman–Crippen MR) is 73.4 cm³/mol. The van der Waals surface area contributed by atoms with Gasteiger partial charge in [0.25, 0.3) is 0 Å². The van der Waals surface area contributed by atoms with Crippen molar-refractivity contribution >= 4 is 0 Å². The Labute approximate surface area is 109 Å². The molecule has 0 amide bonds. The molecule has 2 nitrogen and oxygen atoms in total. The highest BCUT2D eigenvalue weighted by atomic mass is 19.1. The Kier molecular flexibility index (Phi) is 5.86. The Hall–Kier alpha value is -1.35. The number of hydrogen-bond donors (Lipinski definition) is 1. The summed E-state index contributed by atoms with van der Waals surface area (Å²) < 4.78 is 18.4. The summed E-state index contributed by atoms with van der Waals surface area (Å²) in [5.74, 6) is -0.0258. The Morgan fingerprint density at radius 2 is 2.22 bits per heavy atom. The third-order valence-corrected chi connectivity index (χ3v) is 2.89. The summed E-state index contributed by atoms with van der Waals surface area (Å²) in [6, 6.07) is 5.24. The molecule has 1 rings (SSSR count). The van der Waals surface area contributed by atoms with Gasteiger partial charge in [-0.2, -0.15) is 0 Å². The van der Waals surface area contributed by atoms with E-state index >= 15 is 0 Å². The highest BCUT2D eigenvalue weighted by molar-refractivity contribution is 5.32. The lowest BCUT2D eigenvalue weighted by Gasteiger charge is -2.19. The number of nitrogens with one attached hydrogen (secondary N) is 1. The molecule has 1 aromatic rings. The number of methoxy groups -OCH3 is 1. The van der Waals surface area contributed by atoms with Crippen molar-refractivity contribution in [2.45, 2.75) is 32.7 Å². The molecular formula is C15H22FNO. The van der Waals surface area contributed by atoms with E-state index < -0.39 is 0 Å². The van der Waals surface area contributed by atoms with Crippen LogP contribution in [0.2, 0.25) is 0 Å². The first-order valence-corrected chi connectivity index (χ1v) is 6.29. The minimum absolute atomic E-state index is 0.209. The van der Waals surface area contributed by atoms with Crippen molar-refractivity contribution in [3.05, 3.63) is 41.7 Å². The first kappa shape index (κ1) is 14.7. The van der Waals surface area contributed by atoms with Crippen LogP contribution in [0.1, 0.15) is 38.3 Å². The largest absolute Gasteiger partial charge is 0.494 e. The number of allylic oxidation sites excluding steroid dienone is 1. The topological polar surface area (TPSA) is 21.3 Å². The molecule has 0 bridgehead atoms. The summed E-state index contributed by atoms with van der Waals surface area (Å²) in [6.07, 6.45) is 1.91. The molecule has 0 aliphatic carbocycles. The first-order chi connectivity index (χ1) is 8.58. The van der Waals surface area contributed by atoms with Crippen molar-refractivity contribution in [1.82, 2.24) is 5.32 Å². The van der Waals surface area contributed by atoms with Gasteiger partial charge < -0.3 is 10.1 Å². The molecule has 0 radical (unpaired) electrons. The van der Waals surface area contributed by atoms with Gasteiger partial charge in [0.05, 0.1) is 7.11 Å². The van der Waals surface area contributed by atoms with Crippen LogP contribution in [0.15, 0.2) is 30.4 Å². The molecule has 0 aliphatic rings. The van der Waals surface area contributed by atoms with Crippen LogP contribution in [-0.2, 0) is 0 Å². The van der Waals surface area contributed by atoms with Gasteiger partial charge >= 0.3 is 0 Å². The van der Waals surface area contributed by atoms with Crippen LogP contribution in [0.25, 0.3) is 0 Å². The molecular weight excluding hydrogens is 229 g/mol. The molecule has 18 heavy (non-hydrogen) atoms. The van der Waals surface area contributed by atoms with E-state index in [2.05, 4.69) is 18.8 Å². The molecule has 0 aliphatic heterocycles. The Morgan fingerprint density at radius 3 is 2.78 bits per heavy atom. The lowest BCUT2D eigenvalue weighted by Crippen LogP contribution is -2.21. The molecule has 1 aromatic carbocycles. The molecule has 3 heteroatoms. The SMILES string of the molecule is C=C(C)CCC(NCC)c1ccc(F)c(OC)c1. The Bertz CT molecular complexity index is 403. The van der Waals surface area contributed by atoms with E-state index in [4.69, 9.17) is 4.74 Å². The Morgan fingerprint density at radius 1 is 1.50 bits per heavy atom. The van der Waals surface area contributed by atoms with E-state index in [1.165, 1.54) is 13.2 Å². The highest BCUT2D eigenvalue weighted by Gasteiger charge is 2.13. The second-order valence-corrected chi connectivity index (χ2v) is 4.50. The van der Waals surface area contributed by atoms with E-state index in [0.29, 0.717) is 5.75 Å². The quantitative estimate of drug-likeness (QED) is 0.743. The smallest absolute Gasteiger partial charge is 0.165 e. The van der Waals surface area contributed by atoms with Crippen LogP contribution in [0.5, 0.6) is 5.75 Å². The molecule has 0 aromatic heterocycles. The molecule has 0 heterocycles. The van der Waals surface area contributed by atoms with E-state index in [0.717, 1.165) is 30.5 Å². The van der Waals surface area contributed by atoms with Gasteiger partial charge in [0.15, 0.2) is 11.6 Å². The number of halogens is 1. The summed E-state index contributed by atoms with van der Waals surface area (Å²) in [6.45, 7) is 8.88. The van der Waals surface area contributed by atoms with Crippen LogP contribution >= 0.6 is 0 Å². The monoisotopic (exact) mass is 251 g/mol. The van der Waals surface area contributed by atoms with Crippen LogP contribution in [-0.4, -0.2) is 13.7 Å². The van der Waals surface area contributed by atoms with E-state index in [9.17, 15) is 4.39 Å². The fourth-order valence-electron chi connectivity index (χ4n) is 1.92. The third kappa shape index (κ3) is 4.15. The van der Waals surface area contributed by atoms with E-state index in [1.807, 2.05) is 13.0 Å². The molecule has 0 saturated heterocycles. The van der Waals surface area contributed by atoms with Gasteiger partial charge in [-0.05, 0) is 44.0 Å². The van der Waals surface area contributed by atoms with Crippen molar-refractivity contribution in [3.63, 3.8) is 0 Å². The number of hydrogen-bond acceptors (Lipinski definition) is 2. The maximum absolute atomic E-state index is 13.4. The fourth-order valence-corrected chi connectivity index (χ4v) is 1.92. The van der Waals surface area contributed by atoms with Crippen LogP contribution in [0.4, 0.5) is 4.39 Å². The maximum Gasteiger partial charge on any atom is 0.165 e. The summed E-state index contributed by atoms with van der Waals surface area (Å²) in [4.78, 5) is 0. The fraction of sp³-hybridized carbons (Fsp3) is 0.467. The summed E-state index contributed by atoms with van der Waals surface area (Å²) in [5, 5.41) is 3.41. The lowest BCUT2D eigenvalue weighted by atomic mass is 9.99. The minimum atomic E-state index is -0.323. The van der Waals surface area contributed by atoms with Crippen LogP contribution in [0, 0.1) is 5.82 Å². The summed E-state index contributed by atoms with van der Waals surface area (Å²) in [7, 11) is 1.48. The van der Waals surface area contributed by atoms with Gasteiger partial charge in [-0.3, -0.25) is 0 Å². The lowest BCUT2D eigenvalue weighted by molar-refractivity contribution is 0.384. The van der Waals surface area contributed by atoms with Crippen molar-refractivity contribution in [2.24, 2.45) is 0 Å². The Balaban J connectivity index is 2.87. The molecule has 100 valence electrons. The first-order valence-electron chi connectivity index (χ1n) is 6.29. The summed E-state index contributed by atoms with van der Waals surface area (Å²) in [5.41, 5.74) is 2.21. The van der Waals surface area contributed by atoms with Crippen LogP contribution < -0.4 is 10.1 Å². The molecule has 0 fully saturated rings. The molecule has 1 atom stereocenters. The zero-order chi connectivity index (χ0) is 13.5. The van der Waals surface area contributed by atoms with Gasteiger partial charge in [0.2, 0.25) is 0 Å². The average Bonchev–Trinajstić information content (AvgIpc) is 2.35. The minimum Gasteiger partial charge on any atom is -0.494 e. The van der Waals surface area contributed by atoms with Crippen molar-refractivity contribution in [1.29, 1.82) is 0 Å². The number of ether oxygens (including phenoxy) is 1. The van der Waals surface area contributed by atoms with Crippen molar-refractivity contribution < 1.29 is 9.13 Å². The van der Waals surface area contributed by atoms with Crippen molar-refractivity contribution in [2.75, 3.05) is 13.7 Å². The van der Waals surface area contributed by atoms with Gasteiger partial charge in [-0.1, -0.05) is 18.6 Å². The van der Waals surface area contributed by atoms with E-state index in [-0.39, 0.29) is 11.9 Å². The maximum atomic E-state index is 13.4. The molecule has 0 spiro atoms. The van der Waals surface area contributed by atoms with Gasteiger partial charge in [0.1, 0.15) is 0 Å². The van der Waals surface area contributed by atoms with Gasteiger partial charge in [-0.15, -0.1) is 6.58 Å². The third-order valence-electron chi connectivity index (χ3n) is 2.89. The van der Waals surface area contributed by atoms with Gasteiger partial charge in [-0.25, -0.2) is 4.39 Å². The highest BCUT2D eigenvalue weighted by Crippen LogP contribution is 2.26. The normalized spacial score (nSPS) is 12.2. The molecule has 1 unspecified atom stereocenters.